The number of hydrogen-bond acceptors (Lipinski definition) is 2. The highest BCUT2D eigenvalue weighted by molar-refractivity contribution is 5.83. The van der Waals surface area contributed by atoms with Crippen molar-refractivity contribution in [1.82, 2.24) is 0 Å². The van der Waals surface area contributed by atoms with Gasteiger partial charge in [-0.05, 0) is 19.8 Å². The Bertz CT molecular complexity index is 210. The van der Waals surface area contributed by atoms with Crippen LogP contribution in [0.3, 0.4) is 0 Å². The Labute approximate surface area is 82.6 Å². The highest BCUT2D eigenvalue weighted by atomic mass is 19.3. The second-order valence-corrected chi connectivity index (χ2v) is 3.86. The van der Waals surface area contributed by atoms with Gasteiger partial charge in [0.2, 0.25) is 5.78 Å². The molecule has 1 fully saturated rings. The van der Waals surface area contributed by atoms with Crippen LogP contribution in [0.4, 0.5) is 8.78 Å². The second kappa shape index (κ2) is 4.34. The Kier molecular flexibility index (Phi) is 3.59. The molecule has 1 aliphatic rings. The van der Waals surface area contributed by atoms with E-state index in [1.807, 2.05) is 0 Å². The second-order valence-electron chi connectivity index (χ2n) is 3.86. The lowest BCUT2D eigenvalue weighted by molar-refractivity contribution is -0.171. The van der Waals surface area contributed by atoms with E-state index in [0.717, 1.165) is 32.6 Å². The standard InChI is InChI=1S/C10H16F2O2/c1-7(13)10(11,12)8(2)14-9-5-3-4-6-9/h8-9H,3-6H2,1-2H3. The molecule has 0 aromatic rings. The predicted molar refractivity (Wildman–Crippen MR) is 48.4 cm³/mol. The zero-order chi connectivity index (χ0) is 10.8. The van der Waals surface area contributed by atoms with Gasteiger partial charge in [-0.25, -0.2) is 0 Å². The van der Waals surface area contributed by atoms with Crippen molar-refractivity contribution in [2.75, 3.05) is 0 Å². The molecule has 4 heteroatoms. The summed E-state index contributed by atoms with van der Waals surface area (Å²) in [7, 11) is 0. The molecule has 0 heterocycles. The van der Waals surface area contributed by atoms with Gasteiger partial charge >= 0.3 is 5.92 Å². The van der Waals surface area contributed by atoms with Crippen LogP contribution in [-0.2, 0) is 9.53 Å². The van der Waals surface area contributed by atoms with Gasteiger partial charge in [-0.3, -0.25) is 4.79 Å². The molecule has 0 aromatic heterocycles. The molecule has 82 valence electrons. The van der Waals surface area contributed by atoms with Gasteiger partial charge in [-0.1, -0.05) is 12.8 Å². The van der Waals surface area contributed by atoms with Crippen molar-refractivity contribution in [2.45, 2.75) is 57.7 Å². The summed E-state index contributed by atoms with van der Waals surface area (Å²) in [5, 5.41) is 0. The minimum absolute atomic E-state index is 0.0878. The van der Waals surface area contributed by atoms with Crippen LogP contribution < -0.4 is 0 Å². The molecule has 0 saturated heterocycles. The summed E-state index contributed by atoms with van der Waals surface area (Å²) in [6.07, 6.45) is 2.33. The third-order valence-corrected chi connectivity index (χ3v) is 2.68. The minimum atomic E-state index is -3.34. The molecule has 0 spiro atoms. The highest BCUT2D eigenvalue weighted by Crippen LogP contribution is 2.28. The van der Waals surface area contributed by atoms with E-state index in [1.54, 1.807) is 0 Å². The third kappa shape index (κ3) is 2.50. The van der Waals surface area contributed by atoms with Crippen LogP contribution in [0, 0.1) is 0 Å². The van der Waals surface area contributed by atoms with Crippen molar-refractivity contribution in [3.63, 3.8) is 0 Å². The quantitative estimate of drug-likeness (QED) is 0.706. The van der Waals surface area contributed by atoms with Crippen molar-refractivity contribution >= 4 is 5.78 Å². The summed E-state index contributed by atoms with van der Waals surface area (Å²) < 4.78 is 31.4. The number of rotatable bonds is 4. The van der Waals surface area contributed by atoms with E-state index >= 15 is 0 Å². The molecule has 0 aliphatic heterocycles. The number of carbonyl (C=O) groups excluding carboxylic acids is 1. The van der Waals surface area contributed by atoms with Crippen LogP contribution in [0.2, 0.25) is 0 Å². The predicted octanol–water partition coefficient (Wildman–Crippen LogP) is 2.56. The lowest BCUT2D eigenvalue weighted by Gasteiger charge is -2.24. The molecule has 0 aromatic carbocycles. The smallest absolute Gasteiger partial charge is 0.330 e. The maximum absolute atomic E-state index is 13.1. The normalized spacial score (nSPS) is 21.1. The lowest BCUT2D eigenvalue weighted by Crippen LogP contribution is -2.41. The number of alkyl halides is 2. The number of hydrogen-bond donors (Lipinski definition) is 0. The average Bonchev–Trinajstić information content (AvgIpc) is 2.56. The number of Topliss-reactive ketones (excluding diaryl/α,β-unsaturated/α-hetero) is 1. The maximum atomic E-state index is 13.1. The average molecular weight is 206 g/mol. The summed E-state index contributed by atoms with van der Waals surface area (Å²) in [5.74, 6) is -4.47. The van der Waals surface area contributed by atoms with Crippen molar-refractivity contribution < 1.29 is 18.3 Å². The van der Waals surface area contributed by atoms with Gasteiger partial charge < -0.3 is 4.74 Å². The van der Waals surface area contributed by atoms with Gasteiger partial charge in [0, 0.05) is 6.92 Å². The van der Waals surface area contributed by atoms with Gasteiger partial charge in [0.05, 0.1) is 6.10 Å². The summed E-state index contributed by atoms with van der Waals surface area (Å²) in [5.41, 5.74) is 0. The topological polar surface area (TPSA) is 26.3 Å². The van der Waals surface area contributed by atoms with Gasteiger partial charge in [0.15, 0.2) is 0 Å². The van der Waals surface area contributed by atoms with Crippen LogP contribution >= 0.6 is 0 Å². The first-order valence-corrected chi connectivity index (χ1v) is 4.99. The Morgan fingerprint density at radius 1 is 1.43 bits per heavy atom. The van der Waals surface area contributed by atoms with E-state index in [4.69, 9.17) is 4.74 Å². The van der Waals surface area contributed by atoms with Crippen molar-refractivity contribution in [1.29, 1.82) is 0 Å². The molecule has 0 radical (unpaired) electrons. The molecular weight excluding hydrogens is 190 g/mol. The zero-order valence-corrected chi connectivity index (χ0v) is 8.56. The molecular formula is C10H16F2O2. The van der Waals surface area contributed by atoms with Crippen molar-refractivity contribution in [3.8, 4) is 0 Å². The van der Waals surface area contributed by atoms with Crippen LogP contribution in [0.5, 0.6) is 0 Å². The number of ketones is 1. The monoisotopic (exact) mass is 206 g/mol. The summed E-state index contributed by atoms with van der Waals surface area (Å²) in [6.45, 7) is 2.16. The Balaban J connectivity index is 2.47. The number of carbonyl (C=O) groups is 1. The fraction of sp³-hybridized carbons (Fsp3) is 0.900. The van der Waals surface area contributed by atoms with Crippen LogP contribution in [-0.4, -0.2) is 23.9 Å². The lowest BCUT2D eigenvalue weighted by atomic mass is 10.1. The van der Waals surface area contributed by atoms with Gasteiger partial charge in [0.1, 0.15) is 6.10 Å². The molecule has 0 amide bonds. The molecule has 2 nitrogen and oxygen atoms in total. The van der Waals surface area contributed by atoms with E-state index in [-0.39, 0.29) is 6.10 Å². The van der Waals surface area contributed by atoms with E-state index in [1.165, 1.54) is 6.92 Å². The molecule has 1 aliphatic carbocycles. The molecule has 0 bridgehead atoms. The van der Waals surface area contributed by atoms with Crippen molar-refractivity contribution in [3.05, 3.63) is 0 Å². The first-order valence-electron chi connectivity index (χ1n) is 4.99. The van der Waals surface area contributed by atoms with E-state index in [2.05, 4.69) is 0 Å². The summed E-state index contributed by atoms with van der Waals surface area (Å²) in [4.78, 5) is 10.7. The van der Waals surface area contributed by atoms with Gasteiger partial charge in [0.25, 0.3) is 0 Å². The Morgan fingerprint density at radius 2 is 1.93 bits per heavy atom. The molecule has 1 saturated carbocycles. The van der Waals surface area contributed by atoms with E-state index < -0.39 is 17.8 Å². The van der Waals surface area contributed by atoms with Crippen LogP contribution in [0.25, 0.3) is 0 Å². The fourth-order valence-corrected chi connectivity index (χ4v) is 1.68. The van der Waals surface area contributed by atoms with Gasteiger partial charge in [-0.15, -0.1) is 0 Å². The van der Waals surface area contributed by atoms with Crippen LogP contribution in [0.1, 0.15) is 39.5 Å². The minimum Gasteiger partial charge on any atom is -0.369 e. The van der Waals surface area contributed by atoms with E-state index in [9.17, 15) is 13.6 Å². The highest BCUT2D eigenvalue weighted by Gasteiger charge is 2.43. The Morgan fingerprint density at radius 3 is 2.36 bits per heavy atom. The molecule has 14 heavy (non-hydrogen) atoms. The molecule has 0 N–H and O–H groups in total. The van der Waals surface area contributed by atoms with Crippen molar-refractivity contribution in [2.24, 2.45) is 0 Å². The molecule has 1 rings (SSSR count). The summed E-state index contributed by atoms with van der Waals surface area (Å²) in [6, 6.07) is 0. The van der Waals surface area contributed by atoms with Crippen LogP contribution in [0.15, 0.2) is 0 Å². The van der Waals surface area contributed by atoms with Gasteiger partial charge in [-0.2, -0.15) is 8.78 Å². The first-order chi connectivity index (χ1) is 6.44. The van der Waals surface area contributed by atoms with E-state index in [0.29, 0.717) is 0 Å². The zero-order valence-electron chi connectivity index (χ0n) is 8.56. The Hall–Kier alpha value is -0.510. The SMILES string of the molecule is CC(=O)C(F)(F)C(C)OC1CCCC1. The fourth-order valence-electron chi connectivity index (χ4n) is 1.68. The molecule has 1 atom stereocenters. The third-order valence-electron chi connectivity index (χ3n) is 2.68. The summed E-state index contributed by atoms with van der Waals surface area (Å²) >= 11 is 0. The number of halogens is 2. The largest absolute Gasteiger partial charge is 0.369 e. The first kappa shape index (κ1) is 11.6. The number of ether oxygens (including phenoxy) is 1. The maximum Gasteiger partial charge on any atom is 0.330 e. The molecule has 1 unspecified atom stereocenters.